The van der Waals surface area contributed by atoms with Crippen LogP contribution in [-0.4, -0.2) is 30.4 Å². The predicted molar refractivity (Wildman–Crippen MR) is 89.4 cm³/mol. The molecule has 1 fully saturated rings. The number of rotatable bonds is 6. The first-order valence-electron chi connectivity index (χ1n) is 8.08. The molecule has 0 aliphatic heterocycles. The second-order valence-electron chi connectivity index (χ2n) is 6.29. The molecule has 122 valence electrons. The largest absolute Gasteiger partial charge is 0.423 e. The highest BCUT2D eigenvalue weighted by molar-refractivity contribution is 5.81. The fraction of sp³-hybridized carbons (Fsp3) is 0.444. The Balaban J connectivity index is 1.78. The van der Waals surface area contributed by atoms with Crippen LogP contribution in [0.2, 0.25) is 0 Å². The van der Waals surface area contributed by atoms with E-state index in [9.17, 15) is 9.59 Å². The van der Waals surface area contributed by atoms with Crippen molar-refractivity contribution in [1.82, 2.24) is 10.2 Å². The quantitative estimate of drug-likeness (QED) is 0.829. The Bertz CT molecular complexity index is 777. The van der Waals surface area contributed by atoms with Crippen LogP contribution < -0.4 is 10.9 Å². The monoisotopic (exact) mass is 314 g/mol. The van der Waals surface area contributed by atoms with Crippen LogP contribution in [0.4, 0.5) is 0 Å². The molecule has 0 spiro atoms. The number of hydrogen-bond acceptors (Lipinski definition) is 4. The van der Waals surface area contributed by atoms with Gasteiger partial charge in [0, 0.05) is 24.0 Å². The zero-order valence-electron chi connectivity index (χ0n) is 13.6. The third kappa shape index (κ3) is 3.99. The van der Waals surface area contributed by atoms with E-state index in [1.54, 1.807) is 0 Å². The van der Waals surface area contributed by atoms with Crippen molar-refractivity contribution in [3.8, 4) is 0 Å². The number of fused-ring (bicyclic) bond motifs is 1. The Kier molecular flexibility index (Phi) is 4.48. The highest BCUT2D eigenvalue weighted by Gasteiger charge is 2.23. The molecule has 2 aromatic rings. The van der Waals surface area contributed by atoms with E-state index in [4.69, 9.17) is 4.42 Å². The van der Waals surface area contributed by atoms with Gasteiger partial charge in [-0.15, -0.1) is 0 Å². The summed E-state index contributed by atoms with van der Waals surface area (Å²) in [6.07, 6.45) is 3.06. The van der Waals surface area contributed by atoms with Crippen LogP contribution >= 0.6 is 0 Å². The number of likely N-dealkylation sites (N-methyl/N-ethyl adjacent to an activating group) is 1. The number of hydrogen-bond donors (Lipinski definition) is 1. The first-order valence-corrected chi connectivity index (χ1v) is 8.08. The Labute approximate surface area is 135 Å². The van der Waals surface area contributed by atoms with Crippen molar-refractivity contribution in [3.63, 3.8) is 0 Å². The average molecular weight is 314 g/mol. The molecular weight excluding hydrogens is 292 g/mol. The summed E-state index contributed by atoms with van der Waals surface area (Å²) in [5, 5.41) is 3.90. The van der Waals surface area contributed by atoms with Crippen molar-refractivity contribution in [2.75, 3.05) is 13.6 Å². The second-order valence-corrected chi connectivity index (χ2v) is 6.29. The molecule has 1 amide bonds. The van der Waals surface area contributed by atoms with Crippen molar-refractivity contribution in [1.29, 1.82) is 0 Å². The molecule has 3 rings (SSSR count). The molecule has 23 heavy (non-hydrogen) atoms. The van der Waals surface area contributed by atoms with E-state index in [1.807, 2.05) is 30.1 Å². The van der Waals surface area contributed by atoms with E-state index in [-0.39, 0.29) is 11.5 Å². The number of carbonyl (C=O) groups is 1. The third-order valence-electron chi connectivity index (χ3n) is 4.10. The molecule has 0 unspecified atom stereocenters. The predicted octanol–water partition coefficient (Wildman–Crippen LogP) is 2.07. The van der Waals surface area contributed by atoms with Gasteiger partial charge in [0.25, 0.3) is 0 Å². The number of nitrogens with one attached hydrogen (secondary N) is 1. The fourth-order valence-corrected chi connectivity index (χ4v) is 2.72. The summed E-state index contributed by atoms with van der Waals surface area (Å²) in [5.74, 6) is 0.0375. The molecule has 1 aliphatic carbocycles. The second kappa shape index (κ2) is 6.54. The van der Waals surface area contributed by atoms with Crippen LogP contribution in [0, 0.1) is 0 Å². The van der Waals surface area contributed by atoms with Gasteiger partial charge in [-0.05, 0) is 43.5 Å². The van der Waals surface area contributed by atoms with Crippen molar-refractivity contribution in [2.24, 2.45) is 0 Å². The number of amides is 1. The minimum Gasteiger partial charge on any atom is -0.423 e. The highest BCUT2D eigenvalue weighted by Crippen LogP contribution is 2.21. The summed E-state index contributed by atoms with van der Waals surface area (Å²) in [4.78, 5) is 25.6. The number of carbonyl (C=O) groups excluding carboxylic acids is 1. The molecule has 0 radical (unpaired) electrons. The summed E-state index contributed by atoms with van der Waals surface area (Å²) in [6, 6.07) is 7.84. The number of aryl methyl sites for hydroxylation is 1. The fourth-order valence-electron chi connectivity index (χ4n) is 2.72. The molecule has 1 saturated carbocycles. The first kappa shape index (κ1) is 15.7. The Morgan fingerprint density at radius 1 is 1.35 bits per heavy atom. The Morgan fingerprint density at radius 2 is 2.13 bits per heavy atom. The highest BCUT2D eigenvalue weighted by atomic mass is 16.4. The van der Waals surface area contributed by atoms with Gasteiger partial charge < -0.3 is 9.73 Å². The topological polar surface area (TPSA) is 62.6 Å². The standard InChI is InChI=1S/C18H22N2O3/c1-3-12-4-7-15-13(9-18(22)23-16(15)8-12)10-20(2)11-17(21)19-14-5-6-14/h4,7-9,14H,3,5-6,10-11H2,1-2H3,(H,19,21). The molecule has 5 nitrogen and oxygen atoms in total. The van der Waals surface area contributed by atoms with Gasteiger partial charge in [-0.3, -0.25) is 9.69 Å². The minimum absolute atomic E-state index is 0.0375. The summed E-state index contributed by atoms with van der Waals surface area (Å²) in [5.41, 5.74) is 2.29. The van der Waals surface area contributed by atoms with Gasteiger partial charge in [-0.25, -0.2) is 4.79 Å². The third-order valence-corrected chi connectivity index (χ3v) is 4.10. The van der Waals surface area contributed by atoms with Crippen LogP contribution in [0.15, 0.2) is 33.5 Å². The number of benzene rings is 1. The van der Waals surface area contributed by atoms with Crippen LogP contribution in [0.1, 0.15) is 30.9 Å². The molecule has 0 saturated heterocycles. The first-order chi connectivity index (χ1) is 11.0. The van der Waals surface area contributed by atoms with E-state index in [0.717, 1.165) is 35.8 Å². The van der Waals surface area contributed by atoms with Crippen LogP contribution in [0.25, 0.3) is 11.0 Å². The molecule has 1 aliphatic rings. The lowest BCUT2D eigenvalue weighted by molar-refractivity contribution is -0.122. The lowest BCUT2D eigenvalue weighted by atomic mass is 10.1. The zero-order chi connectivity index (χ0) is 16.4. The van der Waals surface area contributed by atoms with Gasteiger partial charge in [0.1, 0.15) is 5.58 Å². The molecule has 1 aromatic carbocycles. The van der Waals surface area contributed by atoms with Gasteiger partial charge in [0.2, 0.25) is 5.91 Å². The van der Waals surface area contributed by atoms with Crippen molar-refractivity contribution >= 4 is 16.9 Å². The maximum atomic E-state index is 11.9. The van der Waals surface area contributed by atoms with Gasteiger partial charge in [-0.1, -0.05) is 19.1 Å². The molecule has 5 heteroatoms. The molecule has 0 atom stereocenters. The Morgan fingerprint density at radius 3 is 2.83 bits per heavy atom. The average Bonchev–Trinajstić information content (AvgIpc) is 3.29. The SMILES string of the molecule is CCc1ccc2c(CN(C)CC(=O)NC3CC3)cc(=O)oc2c1. The van der Waals surface area contributed by atoms with E-state index in [0.29, 0.717) is 24.7 Å². The van der Waals surface area contributed by atoms with Crippen LogP contribution in [0.5, 0.6) is 0 Å². The van der Waals surface area contributed by atoms with Gasteiger partial charge in [0.15, 0.2) is 0 Å². The maximum Gasteiger partial charge on any atom is 0.336 e. The van der Waals surface area contributed by atoms with Gasteiger partial charge in [0.05, 0.1) is 6.54 Å². The minimum atomic E-state index is -0.350. The van der Waals surface area contributed by atoms with Crippen LogP contribution in [-0.2, 0) is 17.8 Å². The van der Waals surface area contributed by atoms with Crippen molar-refractivity contribution in [2.45, 2.75) is 38.8 Å². The number of nitrogens with zero attached hydrogens (tertiary/aromatic N) is 1. The molecule has 1 N–H and O–H groups in total. The normalized spacial score (nSPS) is 14.4. The molecular formula is C18H22N2O3. The summed E-state index contributed by atoms with van der Waals surface area (Å²) < 4.78 is 5.31. The lowest BCUT2D eigenvalue weighted by Crippen LogP contribution is -2.36. The Hall–Kier alpha value is -2.14. The van der Waals surface area contributed by atoms with Gasteiger partial charge in [-0.2, -0.15) is 0 Å². The van der Waals surface area contributed by atoms with Crippen molar-refractivity contribution in [3.05, 3.63) is 45.8 Å². The smallest absolute Gasteiger partial charge is 0.336 e. The van der Waals surface area contributed by atoms with Crippen molar-refractivity contribution < 1.29 is 9.21 Å². The van der Waals surface area contributed by atoms with E-state index < -0.39 is 0 Å². The molecule has 0 bridgehead atoms. The summed E-state index contributed by atoms with van der Waals surface area (Å²) >= 11 is 0. The van der Waals surface area contributed by atoms with Crippen LogP contribution in [0.3, 0.4) is 0 Å². The molecule has 1 heterocycles. The lowest BCUT2D eigenvalue weighted by Gasteiger charge is -2.17. The van der Waals surface area contributed by atoms with E-state index >= 15 is 0 Å². The van der Waals surface area contributed by atoms with E-state index in [1.165, 1.54) is 6.07 Å². The van der Waals surface area contributed by atoms with Gasteiger partial charge >= 0.3 is 5.63 Å². The molecule has 1 aromatic heterocycles. The summed E-state index contributed by atoms with van der Waals surface area (Å²) in [7, 11) is 1.88. The zero-order valence-corrected chi connectivity index (χ0v) is 13.6. The maximum absolute atomic E-state index is 11.9. The summed E-state index contributed by atoms with van der Waals surface area (Å²) in [6.45, 7) is 2.92. The van der Waals surface area contributed by atoms with E-state index in [2.05, 4.69) is 12.2 Å².